The summed E-state index contributed by atoms with van der Waals surface area (Å²) in [6.45, 7) is 1.52. The van der Waals surface area contributed by atoms with Gasteiger partial charge in [0, 0.05) is 23.0 Å². The normalized spacial score (nSPS) is 17.4. The van der Waals surface area contributed by atoms with Gasteiger partial charge >= 0.3 is 12.1 Å². The van der Waals surface area contributed by atoms with Crippen molar-refractivity contribution < 1.29 is 22.0 Å². The summed E-state index contributed by atoms with van der Waals surface area (Å²) in [6, 6.07) is 4.52. The Balaban J connectivity index is 1.61. The van der Waals surface area contributed by atoms with Crippen molar-refractivity contribution in [2.24, 2.45) is 0 Å². The second-order valence-electron chi connectivity index (χ2n) is 5.69. The number of rotatable bonds is 3. The molecule has 4 nitrogen and oxygen atoms in total. The summed E-state index contributed by atoms with van der Waals surface area (Å²) in [4.78, 5) is 2.00. The maximum absolute atomic E-state index is 13.8. The molecule has 0 aliphatic carbocycles. The zero-order chi connectivity index (χ0) is 17.3. The van der Waals surface area contributed by atoms with E-state index in [-0.39, 0.29) is 17.6 Å². The number of hydrogen-bond donors (Lipinski definition) is 0. The number of alkyl halides is 3. The number of piperidine rings is 1. The maximum atomic E-state index is 13.8. The van der Waals surface area contributed by atoms with Gasteiger partial charge in [-0.05, 0) is 38.1 Å². The van der Waals surface area contributed by atoms with Crippen molar-refractivity contribution in [1.29, 1.82) is 0 Å². The molecule has 0 spiro atoms. The molecular weight excluding hydrogens is 350 g/mol. The highest BCUT2D eigenvalue weighted by atomic mass is 35.5. The van der Waals surface area contributed by atoms with Gasteiger partial charge in [0.25, 0.3) is 0 Å². The summed E-state index contributed by atoms with van der Waals surface area (Å²) in [5.41, 5.74) is 0.426. The number of likely N-dealkylation sites (tertiary alicyclic amines) is 1. The molecule has 2 heterocycles. The van der Waals surface area contributed by atoms with Crippen molar-refractivity contribution in [2.45, 2.75) is 31.5 Å². The van der Waals surface area contributed by atoms with Gasteiger partial charge in [-0.15, -0.1) is 10.2 Å². The Morgan fingerprint density at radius 2 is 1.92 bits per heavy atom. The van der Waals surface area contributed by atoms with Crippen molar-refractivity contribution in [1.82, 2.24) is 15.1 Å². The molecular formula is C15H14ClF4N3O. The summed E-state index contributed by atoms with van der Waals surface area (Å²) >= 11 is 6.01. The third-order valence-electron chi connectivity index (χ3n) is 4.06. The minimum absolute atomic E-state index is 0.00546. The lowest BCUT2D eigenvalue weighted by atomic mass is 9.96. The zero-order valence-electron chi connectivity index (χ0n) is 12.5. The number of hydrogen-bond acceptors (Lipinski definition) is 4. The molecule has 130 valence electrons. The molecule has 1 saturated heterocycles. The first kappa shape index (κ1) is 17.2. The standard InChI is InChI=1S/C15H14ClF4N3O/c16-11-2-1-3-12(17)10(11)8-23-6-4-9(5-7-23)13-21-22-14(24-13)15(18,19)20/h1-3,9H,4-8H2. The van der Waals surface area contributed by atoms with E-state index in [0.717, 1.165) is 0 Å². The first-order chi connectivity index (χ1) is 11.3. The van der Waals surface area contributed by atoms with E-state index < -0.39 is 12.1 Å². The van der Waals surface area contributed by atoms with Gasteiger partial charge in [0.05, 0.1) is 0 Å². The van der Waals surface area contributed by atoms with E-state index in [2.05, 4.69) is 10.2 Å². The SMILES string of the molecule is Fc1cccc(Cl)c1CN1CCC(c2nnc(C(F)(F)F)o2)CC1. The Labute approximate surface area is 140 Å². The molecule has 1 fully saturated rings. The zero-order valence-corrected chi connectivity index (χ0v) is 13.2. The summed E-state index contributed by atoms with van der Waals surface area (Å²) < 4.78 is 56.0. The van der Waals surface area contributed by atoms with Crippen LogP contribution < -0.4 is 0 Å². The molecule has 3 rings (SSSR count). The third kappa shape index (κ3) is 3.70. The van der Waals surface area contributed by atoms with Gasteiger partial charge in [0.2, 0.25) is 5.89 Å². The van der Waals surface area contributed by atoms with Crippen LogP contribution in [0.1, 0.15) is 36.1 Å². The van der Waals surface area contributed by atoms with E-state index >= 15 is 0 Å². The quantitative estimate of drug-likeness (QED) is 0.764. The fourth-order valence-electron chi connectivity index (χ4n) is 2.76. The first-order valence-corrected chi connectivity index (χ1v) is 7.78. The summed E-state index contributed by atoms with van der Waals surface area (Å²) in [7, 11) is 0. The molecule has 0 bridgehead atoms. The van der Waals surface area contributed by atoms with Crippen LogP contribution in [0.4, 0.5) is 17.6 Å². The van der Waals surface area contributed by atoms with Crippen LogP contribution in [-0.4, -0.2) is 28.2 Å². The van der Waals surface area contributed by atoms with Gasteiger partial charge < -0.3 is 4.42 Å². The molecule has 0 N–H and O–H groups in total. The summed E-state index contributed by atoms with van der Waals surface area (Å²) in [5, 5.41) is 6.92. The summed E-state index contributed by atoms with van der Waals surface area (Å²) in [6.07, 6.45) is -3.51. The molecule has 1 aromatic heterocycles. The van der Waals surface area contributed by atoms with Gasteiger partial charge in [0.15, 0.2) is 0 Å². The highest BCUT2D eigenvalue weighted by Crippen LogP contribution is 2.33. The van der Waals surface area contributed by atoms with Crippen molar-refractivity contribution in [2.75, 3.05) is 13.1 Å². The minimum Gasteiger partial charge on any atom is -0.417 e. The second-order valence-corrected chi connectivity index (χ2v) is 6.10. The number of halogens is 5. The van der Waals surface area contributed by atoms with Gasteiger partial charge in [-0.3, -0.25) is 4.90 Å². The first-order valence-electron chi connectivity index (χ1n) is 7.40. The van der Waals surface area contributed by atoms with E-state index in [4.69, 9.17) is 16.0 Å². The lowest BCUT2D eigenvalue weighted by Gasteiger charge is -2.30. The van der Waals surface area contributed by atoms with E-state index in [9.17, 15) is 17.6 Å². The van der Waals surface area contributed by atoms with Crippen LogP contribution in [0.3, 0.4) is 0 Å². The molecule has 9 heteroatoms. The number of benzene rings is 1. The average Bonchev–Trinajstić information content (AvgIpc) is 3.02. The van der Waals surface area contributed by atoms with Crippen LogP contribution in [0, 0.1) is 5.82 Å². The van der Waals surface area contributed by atoms with Crippen LogP contribution in [-0.2, 0) is 12.7 Å². The predicted molar refractivity (Wildman–Crippen MR) is 78.0 cm³/mol. The molecule has 1 aliphatic heterocycles. The summed E-state index contributed by atoms with van der Waals surface area (Å²) in [5.74, 6) is -1.90. The average molecular weight is 364 g/mol. The number of aromatic nitrogens is 2. The molecule has 0 amide bonds. The van der Waals surface area contributed by atoms with Crippen LogP contribution in [0.2, 0.25) is 5.02 Å². The van der Waals surface area contributed by atoms with Gasteiger partial charge in [-0.25, -0.2) is 4.39 Å². The maximum Gasteiger partial charge on any atom is 0.470 e. The van der Waals surface area contributed by atoms with Gasteiger partial charge in [-0.1, -0.05) is 17.7 Å². The Morgan fingerprint density at radius 1 is 1.21 bits per heavy atom. The van der Waals surface area contributed by atoms with Gasteiger partial charge in [0.1, 0.15) is 5.82 Å². The lowest BCUT2D eigenvalue weighted by Crippen LogP contribution is -2.33. The fourth-order valence-corrected chi connectivity index (χ4v) is 2.98. The largest absolute Gasteiger partial charge is 0.470 e. The molecule has 0 saturated carbocycles. The third-order valence-corrected chi connectivity index (χ3v) is 4.42. The highest BCUT2D eigenvalue weighted by Gasteiger charge is 2.39. The van der Waals surface area contributed by atoms with Crippen LogP contribution in [0.15, 0.2) is 22.6 Å². The predicted octanol–water partition coefficient (Wildman–Crippen LogP) is 4.26. The Kier molecular flexibility index (Phi) is 4.78. The highest BCUT2D eigenvalue weighted by molar-refractivity contribution is 6.31. The minimum atomic E-state index is -4.63. The van der Waals surface area contributed by atoms with Crippen molar-refractivity contribution in [3.63, 3.8) is 0 Å². The monoisotopic (exact) mass is 363 g/mol. The molecule has 0 unspecified atom stereocenters. The van der Waals surface area contributed by atoms with Crippen molar-refractivity contribution in [3.8, 4) is 0 Å². The van der Waals surface area contributed by atoms with E-state index in [1.165, 1.54) is 6.07 Å². The molecule has 0 radical (unpaired) electrons. The number of nitrogens with zero attached hydrogens (tertiary/aromatic N) is 3. The molecule has 24 heavy (non-hydrogen) atoms. The smallest absolute Gasteiger partial charge is 0.417 e. The van der Waals surface area contributed by atoms with Crippen LogP contribution in [0.5, 0.6) is 0 Å². The molecule has 1 aliphatic rings. The van der Waals surface area contributed by atoms with Crippen molar-refractivity contribution in [3.05, 3.63) is 46.4 Å². The van der Waals surface area contributed by atoms with E-state index in [0.29, 0.717) is 43.1 Å². The topological polar surface area (TPSA) is 42.2 Å². The lowest BCUT2D eigenvalue weighted by molar-refractivity contribution is -0.157. The Hall–Kier alpha value is -1.67. The van der Waals surface area contributed by atoms with Gasteiger partial charge in [-0.2, -0.15) is 13.2 Å². The Morgan fingerprint density at radius 3 is 2.50 bits per heavy atom. The van der Waals surface area contributed by atoms with Crippen molar-refractivity contribution >= 4 is 11.6 Å². The Bertz CT molecular complexity index is 691. The van der Waals surface area contributed by atoms with E-state index in [1.54, 1.807) is 12.1 Å². The molecule has 0 atom stereocenters. The molecule has 1 aromatic carbocycles. The van der Waals surface area contributed by atoms with Crippen LogP contribution in [0.25, 0.3) is 0 Å². The van der Waals surface area contributed by atoms with E-state index in [1.807, 2.05) is 4.90 Å². The van der Waals surface area contributed by atoms with Crippen LogP contribution >= 0.6 is 11.6 Å². The molecule has 2 aromatic rings. The fraction of sp³-hybridized carbons (Fsp3) is 0.467. The second kappa shape index (κ2) is 6.68.